The van der Waals surface area contributed by atoms with Crippen LogP contribution in [0.4, 0.5) is 0 Å². The summed E-state index contributed by atoms with van der Waals surface area (Å²) in [6, 6.07) is 7.43. The molecule has 2 rings (SSSR count). The molecule has 0 fully saturated rings. The fraction of sp³-hybridized carbons (Fsp3) is 0.333. The van der Waals surface area contributed by atoms with E-state index in [1.54, 1.807) is 13.3 Å². The number of nitrogens with one attached hydrogen (secondary N) is 1. The number of benzene rings is 1. The molecule has 90 valence electrons. The number of aromatic nitrogens is 3. The molecule has 0 aliphatic rings. The molecule has 0 saturated carbocycles. The van der Waals surface area contributed by atoms with Crippen LogP contribution in [0.25, 0.3) is 0 Å². The van der Waals surface area contributed by atoms with E-state index in [4.69, 9.17) is 9.47 Å². The zero-order valence-electron chi connectivity index (χ0n) is 10.1. The molecular weight excluding hydrogens is 218 g/mol. The Balaban J connectivity index is 2.14. The summed E-state index contributed by atoms with van der Waals surface area (Å²) >= 11 is 0. The molecule has 5 nitrogen and oxygen atoms in total. The minimum Gasteiger partial charge on any atom is -0.497 e. The lowest BCUT2D eigenvalue weighted by Crippen LogP contribution is -2.25. The molecule has 17 heavy (non-hydrogen) atoms. The van der Waals surface area contributed by atoms with Crippen molar-refractivity contribution < 1.29 is 9.47 Å². The SMILES string of the molecule is COc1ccc(OC(C)(C)c2cn[nH]n2)cc1. The van der Waals surface area contributed by atoms with Crippen LogP contribution in [0.3, 0.4) is 0 Å². The Bertz CT molecular complexity index is 463. The van der Waals surface area contributed by atoms with Crippen molar-refractivity contribution in [2.24, 2.45) is 0 Å². The predicted octanol–water partition coefficient (Wildman–Crippen LogP) is 2.13. The van der Waals surface area contributed by atoms with Crippen LogP contribution >= 0.6 is 0 Å². The number of methoxy groups -OCH3 is 1. The summed E-state index contributed by atoms with van der Waals surface area (Å²) in [6.45, 7) is 3.88. The van der Waals surface area contributed by atoms with Crippen LogP contribution in [0.1, 0.15) is 19.5 Å². The number of aromatic amines is 1. The first kappa shape index (κ1) is 11.4. The molecule has 0 bridgehead atoms. The molecule has 0 aliphatic carbocycles. The maximum absolute atomic E-state index is 5.87. The second kappa shape index (κ2) is 4.45. The van der Waals surface area contributed by atoms with E-state index in [0.29, 0.717) is 0 Å². The maximum atomic E-state index is 5.87. The highest BCUT2D eigenvalue weighted by molar-refractivity contribution is 5.31. The molecule has 0 amide bonds. The van der Waals surface area contributed by atoms with Crippen LogP contribution in [0.2, 0.25) is 0 Å². The van der Waals surface area contributed by atoms with Crippen molar-refractivity contribution in [2.45, 2.75) is 19.4 Å². The second-order valence-electron chi connectivity index (χ2n) is 4.14. The lowest BCUT2D eigenvalue weighted by molar-refractivity contribution is 0.104. The van der Waals surface area contributed by atoms with Gasteiger partial charge in [-0.25, -0.2) is 0 Å². The van der Waals surface area contributed by atoms with Gasteiger partial charge in [0.2, 0.25) is 0 Å². The van der Waals surface area contributed by atoms with Gasteiger partial charge in [0, 0.05) is 0 Å². The zero-order valence-corrected chi connectivity index (χ0v) is 10.1. The second-order valence-corrected chi connectivity index (χ2v) is 4.14. The summed E-state index contributed by atoms with van der Waals surface area (Å²) in [6.07, 6.45) is 1.66. The van der Waals surface area contributed by atoms with Gasteiger partial charge in [-0.3, -0.25) is 0 Å². The Labute approximate surface area is 99.8 Å². The molecule has 0 aliphatic heterocycles. The van der Waals surface area contributed by atoms with Crippen molar-refractivity contribution in [3.05, 3.63) is 36.2 Å². The molecule has 1 aromatic heterocycles. The highest BCUT2D eigenvalue weighted by Gasteiger charge is 2.25. The first-order valence-electron chi connectivity index (χ1n) is 5.31. The molecule has 0 spiro atoms. The Morgan fingerprint density at radius 1 is 1.12 bits per heavy atom. The summed E-state index contributed by atoms with van der Waals surface area (Å²) in [5.74, 6) is 1.57. The van der Waals surface area contributed by atoms with Crippen molar-refractivity contribution in [2.75, 3.05) is 7.11 Å². The summed E-state index contributed by atoms with van der Waals surface area (Å²) in [5.41, 5.74) is 0.231. The molecule has 2 aromatic rings. The summed E-state index contributed by atoms with van der Waals surface area (Å²) in [4.78, 5) is 0. The third-order valence-electron chi connectivity index (χ3n) is 2.46. The van der Waals surface area contributed by atoms with Gasteiger partial charge >= 0.3 is 0 Å². The average molecular weight is 233 g/mol. The van der Waals surface area contributed by atoms with Crippen molar-refractivity contribution in [3.8, 4) is 11.5 Å². The van der Waals surface area contributed by atoms with Gasteiger partial charge in [0.15, 0.2) is 0 Å². The molecule has 1 N–H and O–H groups in total. The number of nitrogens with zero attached hydrogens (tertiary/aromatic N) is 2. The lowest BCUT2D eigenvalue weighted by Gasteiger charge is -2.24. The van der Waals surface area contributed by atoms with Crippen molar-refractivity contribution in [1.29, 1.82) is 0 Å². The largest absolute Gasteiger partial charge is 0.497 e. The van der Waals surface area contributed by atoms with E-state index in [1.807, 2.05) is 38.1 Å². The number of hydrogen-bond donors (Lipinski definition) is 1. The van der Waals surface area contributed by atoms with Gasteiger partial charge in [-0.2, -0.15) is 15.4 Å². The van der Waals surface area contributed by atoms with E-state index in [0.717, 1.165) is 17.2 Å². The Kier molecular flexibility index (Phi) is 2.99. The number of hydrogen-bond acceptors (Lipinski definition) is 4. The lowest BCUT2D eigenvalue weighted by atomic mass is 10.1. The monoisotopic (exact) mass is 233 g/mol. The fourth-order valence-electron chi connectivity index (χ4n) is 1.48. The van der Waals surface area contributed by atoms with Crippen molar-refractivity contribution in [3.63, 3.8) is 0 Å². The highest BCUT2D eigenvalue weighted by atomic mass is 16.5. The Morgan fingerprint density at radius 2 is 1.76 bits per heavy atom. The minimum absolute atomic E-state index is 0.526. The van der Waals surface area contributed by atoms with Crippen LogP contribution in [0.15, 0.2) is 30.5 Å². The zero-order chi connectivity index (χ0) is 12.3. The topological polar surface area (TPSA) is 60.0 Å². The van der Waals surface area contributed by atoms with Gasteiger partial charge < -0.3 is 9.47 Å². The first-order chi connectivity index (χ1) is 8.12. The van der Waals surface area contributed by atoms with Crippen molar-refractivity contribution >= 4 is 0 Å². The molecule has 0 radical (unpaired) electrons. The molecular formula is C12H15N3O2. The minimum atomic E-state index is -0.526. The summed E-state index contributed by atoms with van der Waals surface area (Å²) in [7, 11) is 1.63. The van der Waals surface area contributed by atoms with Crippen LogP contribution in [0, 0.1) is 0 Å². The average Bonchev–Trinajstić information content (AvgIpc) is 2.84. The van der Waals surface area contributed by atoms with Crippen LogP contribution in [-0.4, -0.2) is 22.5 Å². The molecule has 5 heteroatoms. The molecule has 0 saturated heterocycles. The summed E-state index contributed by atoms with van der Waals surface area (Å²) < 4.78 is 11.0. The van der Waals surface area contributed by atoms with E-state index >= 15 is 0 Å². The summed E-state index contributed by atoms with van der Waals surface area (Å²) in [5, 5.41) is 10.4. The number of H-pyrrole nitrogens is 1. The molecule has 0 unspecified atom stereocenters. The van der Waals surface area contributed by atoms with Gasteiger partial charge in [0.05, 0.1) is 13.3 Å². The van der Waals surface area contributed by atoms with Crippen LogP contribution in [0.5, 0.6) is 11.5 Å². The van der Waals surface area contributed by atoms with Crippen LogP contribution < -0.4 is 9.47 Å². The van der Waals surface area contributed by atoms with Gasteiger partial charge in [-0.15, -0.1) is 0 Å². The first-order valence-corrected chi connectivity index (χ1v) is 5.31. The predicted molar refractivity (Wildman–Crippen MR) is 63.0 cm³/mol. The van der Waals surface area contributed by atoms with E-state index in [9.17, 15) is 0 Å². The number of rotatable bonds is 4. The molecule has 0 atom stereocenters. The number of ether oxygens (including phenoxy) is 2. The third kappa shape index (κ3) is 2.55. The van der Waals surface area contributed by atoms with Gasteiger partial charge in [-0.1, -0.05) is 0 Å². The van der Waals surface area contributed by atoms with Crippen LogP contribution in [-0.2, 0) is 5.60 Å². The molecule has 1 heterocycles. The quantitative estimate of drug-likeness (QED) is 0.878. The smallest absolute Gasteiger partial charge is 0.149 e. The van der Waals surface area contributed by atoms with Gasteiger partial charge in [0.1, 0.15) is 22.8 Å². The maximum Gasteiger partial charge on any atom is 0.149 e. The third-order valence-corrected chi connectivity index (χ3v) is 2.46. The van der Waals surface area contributed by atoms with E-state index in [2.05, 4.69) is 15.4 Å². The van der Waals surface area contributed by atoms with E-state index in [1.165, 1.54) is 0 Å². The standard InChI is InChI=1S/C12H15N3O2/c1-12(2,11-8-13-15-14-11)17-10-6-4-9(16-3)5-7-10/h4-8H,1-3H3,(H,13,14,15). The highest BCUT2D eigenvalue weighted by Crippen LogP contribution is 2.26. The van der Waals surface area contributed by atoms with Gasteiger partial charge in [-0.05, 0) is 38.1 Å². The molecule has 1 aromatic carbocycles. The Hall–Kier alpha value is -2.04. The Morgan fingerprint density at radius 3 is 2.29 bits per heavy atom. The van der Waals surface area contributed by atoms with Crippen molar-refractivity contribution in [1.82, 2.24) is 15.4 Å². The van der Waals surface area contributed by atoms with E-state index < -0.39 is 5.60 Å². The van der Waals surface area contributed by atoms with Gasteiger partial charge in [0.25, 0.3) is 0 Å². The fourth-order valence-corrected chi connectivity index (χ4v) is 1.48. The van der Waals surface area contributed by atoms with E-state index in [-0.39, 0.29) is 0 Å². The normalized spacial score (nSPS) is 11.2.